The minimum Gasteiger partial charge on any atom is -0.366 e. The van der Waals surface area contributed by atoms with Gasteiger partial charge in [0.05, 0.1) is 12.3 Å². The van der Waals surface area contributed by atoms with Gasteiger partial charge >= 0.3 is 0 Å². The Morgan fingerprint density at radius 3 is 2.70 bits per heavy atom. The number of nitrogens with zero attached hydrogens (tertiary/aromatic N) is 2. The number of benzene rings is 1. The highest BCUT2D eigenvalue weighted by Gasteiger charge is 2.15. The van der Waals surface area contributed by atoms with E-state index in [-0.39, 0.29) is 13.2 Å². The number of rotatable bonds is 6. The summed E-state index contributed by atoms with van der Waals surface area (Å²) in [6.07, 6.45) is 1.06. The summed E-state index contributed by atoms with van der Waals surface area (Å²) in [6, 6.07) is 12.4. The van der Waals surface area contributed by atoms with Crippen molar-refractivity contribution in [3.05, 3.63) is 64.9 Å². The van der Waals surface area contributed by atoms with Crippen molar-refractivity contribution in [3.8, 4) is 0 Å². The van der Waals surface area contributed by atoms with Crippen molar-refractivity contribution >= 4 is 11.6 Å². The number of likely N-dealkylation sites (N-methyl/N-ethyl adjacent to an activating group) is 1. The van der Waals surface area contributed by atoms with Crippen LogP contribution in [0.3, 0.4) is 0 Å². The van der Waals surface area contributed by atoms with Gasteiger partial charge in [-0.1, -0.05) is 29.8 Å². The number of hydrogen-bond donors (Lipinski definition) is 0. The monoisotopic (exact) mass is 296 g/mol. The molecule has 0 spiro atoms. The molecule has 20 heavy (non-hydrogen) atoms. The summed E-state index contributed by atoms with van der Waals surface area (Å²) in [5.74, 6) is 0. The van der Waals surface area contributed by atoms with Crippen LogP contribution < -0.4 is 0 Å². The van der Waals surface area contributed by atoms with Crippen LogP contribution in [0.1, 0.15) is 25.6 Å². The SMILES string of the molecule is [2H]C([2H])([2H])N(CCOC(c1ccc(Cl)cc1)c1ccccn1)C([2H])([2H])[2H]. The Bertz CT molecular complexity index is 677. The summed E-state index contributed by atoms with van der Waals surface area (Å²) in [7, 11) is 0. The average molecular weight is 297 g/mol. The lowest BCUT2D eigenvalue weighted by atomic mass is 10.1. The summed E-state index contributed by atoms with van der Waals surface area (Å²) < 4.78 is 50.2. The normalized spacial score (nSPS) is 18.3. The van der Waals surface area contributed by atoms with Gasteiger partial charge in [0.25, 0.3) is 0 Å². The molecule has 0 saturated carbocycles. The Morgan fingerprint density at radius 1 is 1.25 bits per heavy atom. The van der Waals surface area contributed by atoms with Crippen molar-refractivity contribution in [2.75, 3.05) is 27.1 Å². The van der Waals surface area contributed by atoms with Crippen molar-refractivity contribution in [3.63, 3.8) is 0 Å². The first-order chi connectivity index (χ1) is 12.1. The van der Waals surface area contributed by atoms with Gasteiger partial charge in [-0.25, -0.2) is 0 Å². The standard InChI is InChI=1S/C16H19ClN2O/c1-19(2)11-12-20-16(15-5-3-4-10-18-15)13-6-8-14(17)9-7-13/h3-10,16H,11-12H2,1-2H3/i1D3,2D3. The fraction of sp³-hybridized carbons (Fsp3) is 0.312. The lowest BCUT2D eigenvalue weighted by Crippen LogP contribution is -2.20. The predicted molar refractivity (Wildman–Crippen MR) is 82.0 cm³/mol. The molecular formula is C16H19ClN2O. The molecule has 1 atom stereocenters. The van der Waals surface area contributed by atoms with Crippen molar-refractivity contribution in [1.82, 2.24) is 9.88 Å². The molecule has 0 aliphatic heterocycles. The van der Waals surface area contributed by atoms with E-state index in [4.69, 9.17) is 24.6 Å². The molecule has 0 aliphatic carbocycles. The van der Waals surface area contributed by atoms with E-state index in [1.807, 2.05) is 6.07 Å². The molecule has 1 heterocycles. The molecule has 3 nitrogen and oxygen atoms in total. The van der Waals surface area contributed by atoms with E-state index in [0.29, 0.717) is 15.6 Å². The van der Waals surface area contributed by atoms with Crippen LogP contribution in [0, 0.1) is 0 Å². The largest absolute Gasteiger partial charge is 0.366 e. The molecule has 2 aromatic rings. The molecule has 1 unspecified atom stereocenters. The van der Waals surface area contributed by atoms with E-state index in [0.717, 1.165) is 5.56 Å². The van der Waals surface area contributed by atoms with Crippen LogP contribution in [-0.4, -0.2) is 37.0 Å². The molecule has 0 N–H and O–H groups in total. The van der Waals surface area contributed by atoms with E-state index in [9.17, 15) is 0 Å². The third-order valence-corrected chi connectivity index (χ3v) is 2.98. The Morgan fingerprint density at radius 2 is 2.05 bits per heavy atom. The van der Waals surface area contributed by atoms with E-state index >= 15 is 0 Å². The Labute approximate surface area is 133 Å². The maximum absolute atomic E-state index is 7.40. The number of halogens is 1. The molecule has 2 rings (SSSR count). The molecule has 0 radical (unpaired) electrons. The van der Waals surface area contributed by atoms with Gasteiger partial charge in [-0.15, -0.1) is 0 Å². The quantitative estimate of drug-likeness (QED) is 0.817. The molecule has 1 aromatic carbocycles. The van der Waals surface area contributed by atoms with Crippen molar-refractivity contribution in [2.24, 2.45) is 0 Å². The van der Waals surface area contributed by atoms with E-state index < -0.39 is 20.1 Å². The zero-order chi connectivity index (χ0) is 19.4. The molecule has 1 aromatic heterocycles. The fourth-order valence-corrected chi connectivity index (χ4v) is 1.91. The highest BCUT2D eigenvalue weighted by molar-refractivity contribution is 6.30. The number of ether oxygens (including phenoxy) is 1. The van der Waals surface area contributed by atoms with Gasteiger partial charge in [-0.2, -0.15) is 0 Å². The first-order valence-corrected chi connectivity index (χ1v) is 6.52. The first kappa shape index (κ1) is 8.78. The lowest BCUT2D eigenvalue weighted by molar-refractivity contribution is 0.0662. The lowest BCUT2D eigenvalue weighted by Gasteiger charge is -2.19. The van der Waals surface area contributed by atoms with E-state index in [2.05, 4.69) is 4.98 Å². The van der Waals surface area contributed by atoms with E-state index in [1.165, 1.54) is 0 Å². The maximum atomic E-state index is 7.40. The Hall–Kier alpha value is -1.42. The van der Waals surface area contributed by atoms with Crippen LogP contribution in [0.25, 0.3) is 0 Å². The van der Waals surface area contributed by atoms with Crippen LogP contribution in [0.2, 0.25) is 5.02 Å². The molecule has 0 saturated heterocycles. The van der Waals surface area contributed by atoms with E-state index in [1.54, 1.807) is 42.6 Å². The topological polar surface area (TPSA) is 25.4 Å². The van der Waals surface area contributed by atoms with Gasteiger partial charge in [-0.3, -0.25) is 4.98 Å². The van der Waals surface area contributed by atoms with Crippen molar-refractivity contribution < 1.29 is 13.0 Å². The first-order valence-electron chi connectivity index (χ1n) is 9.15. The minimum absolute atomic E-state index is 0.0966. The summed E-state index contributed by atoms with van der Waals surface area (Å²) in [5.41, 5.74) is 1.41. The average Bonchev–Trinajstić information content (AvgIpc) is 2.54. The second kappa shape index (κ2) is 7.39. The van der Waals surface area contributed by atoms with Crippen LogP contribution >= 0.6 is 11.6 Å². The number of hydrogen-bond acceptors (Lipinski definition) is 3. The van der Waals surface area contributed by atoms with Gasteiger partial charge in [0, 0.05) is 26.0 Å². The fourth-order valence-electron chi connectivity index (χ4n) is 1.78. The molecular weight excluding hydrogens is 272 g/mol. The molecule has 0 fully saturated rings. The highest BCUT2D eigenvalue weighted by atomic mass is 35.5. The minimum atomic E-state index is -2.74. The molecule has 0 bridgehead atoms. The highest BCUT2D eigenvalue weighted by Crippen LogP contribution is 2.25. The van der Waals surface area contributed by atoms with Gasteiger partial charge in [0.15, 0.2) is 0 Å². The van der Waals surface area contributed by atoms with Crippen molar-refractivity contribution in [2.45, 2.75) is 6.10 Å². The third kappa shape index (κ3) is 4.30. The van der Waals surface area contributed by atoms with Gasteiger partial charge in [-0.05, 0) is 43.8 Å². The molecule has 106 valence electrons. The van der Waals surface area contributed by atoms with Crippen LogP contribution in [0.15, 0.2) is 48.7 Å². The zero-order valence-corrected chi connectivity index (χ0v) is 11.5. The molecule has 0 amide bonds. The Balaban J connectivity index is 2.16. The van der Waals surface area contributed by atoms with Gasteiger partial charge in [0.1, 0.15) is 6.10 Å². The Kier molecular flexibility index (Phi) is 3.24. The maximum Gasteiger partial charge on any atom is 0.124 e. The summed E-state index contributed by atoms with van der Waals surface area (Å²) >= 11 is 5.92. The zero-order valence-electron chi connectivity index (χ0n) is 16.8. The van der Waals surface area contributed by atoms with Crippen LogP contribution in [0.4, 0.5) is 0 Å². The van der Waals surface area contributed by atoms with Crippen LogP contribution in [0.5, 0.6) is 0 Å². The number of aromatic nitrogens is 1. The summed E-state index contributed by atoms with van der Waals surface area (Å²) in [6.45, 7) is -5.85. The van der Waals surface area contributed by atoms with Gasteiger partial charge in [0.2, 0.25) is 0 Å². The second-order valence-corrected chi connectivity index (χ2v) is 4.65. The number of pyridine rings is 1. The summed E-state index contributed by atoms with van der Waals surface area (Å²) in [4.78, 5) is 4.75. The van der Waals surface area contributed by atoms with Crippen molar-refractivity contribution in [1.29, 1.82) is 0 Å². The predicted octanol–water partition coefficient (Wildman–Crippen LogP) is 3.40. The molecule has 4 heteroatoms. The second-order valence-electron chi connectivity index (χ2n) is 4.21. The molecule has 0 aliphatic rings. The van der Waals surface area contributed by atoms with Gasteiger partial charge < -0.3 is 9.64 Å². The smallest absolute Gasteiger partial charge is 0.124 e. The summed E-state index contributed by atoms with van der Waals surface area (Å²) in [5, 5.41) is 0.574. The third-order valence-electron chi connectivity index (χ3n) is 2.73. The van der Waals surface area contributed by atoms with Crippen LogP contribution in [-0.2, 0) is 4.74 Å².